The quantitative estimate of drug-likeness (QED) is 0.376. The van der Waals surface area contributed by atoms with Gasteiger partial charge in [0.05, 0.1) is 21.6 Å². The van der Waals surface area contributed by atoms with Crippen molar-refractivity contribution in [3.63, 3.8) is 0 Å². The van der Waals surface area contributed by atoms with Crippen molar-refractivity contribution in [2.45, 2.75) is 24.3 Å². The summed E-state index contributed by atoms with van der Waals surface area (Å²) in [5.74, 6) is -0.0999. The van der Waals surface area contributed by atoms with Crippen LogP contribution in [0, 0.1) is 12.7 Å². The second-order valence-electron chi connectivity index (χ2n) is 7.04. The van der Waals surface area contributed by atoms with Crippen molar-refractivity contribution < 1.29 is 9.18 Å². The first kappa shape index (κ1) is 22.0. The predicted octanol–water partition coefficient (Wildman–Crippen LogP) is 5.55. The topological polar surface area (TPSA) is 72.7 Å². The first-order valence-electron chi connectivity index (χ1n) is 9.78. The highest BCUT2D eigenvalue weighted by atomic mass is 35.5. The molecule has 0 fully saturated rings. The van der Waals surface area contributed by atoms with E-state index < -0.39 is 11.1 Å². The smallest absolute Gasteiger partial charge is 0.237 e. The average molecular weight is 468 g/mol. The third-order valence-corrected chi connectivity index (χ3v) is 6.12. The predicted molar refractivity (Wildman–Crippen MR) is 125 cm³/mol. The number of hydrogen-bond acceptors (Lipinski definition) is 5. The molecule has 0 aliphatic rings. The van der Waals surface area contributed by atoms with Crippen molar-refractivity contribution in [2.24, 2.45) is 0 Å². The minimum atomic E-state index is -0.520. The summed E-state index contributed by atoms with van der Waals surface area (Å²) in [5, 5.41) is 11.7. The lowest BCUT2D eigenvalue weighted by Gasteiger charge is -2.15. The lowest BCUT2D eigenvalue weighted by molar-refractivity contribution is -0.115. The first-order valence-corrected chi connectivity index (χ1v) is 11.0. The summed E-state index contributed by atoms with van der Waals surface area (Å²) in [6.45, 7) is 3.77. The fourth-order valence-electron chi connectivity index (χ4n) is 3.10. The molecule has 0 radical (unpaired) electrons. The Morgan fingerprint density at radius 3 is 2.59 bits per heavy atom. The molecule has 0 saturated heterocycles. The number of benzene rings is 2. The Kier molecular flexibility index (Phi) is 6.53. The van der Waals surface area contributed by atoms with Gasteiger partial charge in [0, 0.05) is 18.0 Å². The Bertz CT molecular complexity index is 1260. The van der Waals surface area contributed by atoms with Gasteiger partial charge in [-0.05, 0) is 55.8 Å². The molecule has 1 unspecified atom stereocenters. The molecule has 1 N–H and O–H groups in total. The summed E-state index contributed by atoms with van der Waals surface area (Å²) in [4.78, 5) is 16.9. The molecule has 32 heavy (non-hydrogen) atoms. The van der Waals surface area contributed by atoms with E-state index in [4.69, 9.17) is 11.6 Å². The number of nitrogens with zero attached hydrogens (tertiary/aromatic N) is 4. The van der Waals surface area contributed by atoms with Crippen LogP contribution in [0.4, 0.5) is 10.1 Å². The van der Waals surface area contributed by atoms with Gasteiger partial charge in [-0.2, -0.15) is 0 Å². The number of nitrogens with one attached hydrogen (secondary N) is 1. The van der Waals surface area contributed by atoms with Gasteiger partial charge in [0.2, 0.25) is 5.91 Å². The van der Waals surface area contributed by atoms with Crippen LogP contribution in [0.3, 0.4) is 0 Å². The van der Waals surface area contributed by atoms with E-state index in [0.717, 1.165) is 22.9 Å². The van der Waals surface area contributed by atoms with Crippen molar-refractivity contribution in [3.05, 3.63) is 83.4 Å². The van der Waals surface area contributed by atoms with Gasteiger partial charge in [0.1, 0.15) is 5.82 Å². The summed E-state index contributed by atoms with van der Waals surface area (Å²) in [7, 11) is 0. The maximum atomic E-state index is 13.3. The lowest BCUT2D eigenvalue weighted by atomic mass is 10.2. The highest BCUT2D eigenvalue weighted by Gasteiger charge is 2.23. The number of para-hydroxylation sites is 1. The highest BCUT2D eigenvalue weighted by molar-refractivity contribution is 8.00. The van der Waals surface area contributed by atoms with Crippen LogP contribution in [0.2, 0.25) is 5.02 Å². The number of thioether (sulfide) groups is 1. The standard InChI is InChI=1S/C23H19ClFN5OS/c1-14-5-3-4-6-20(14)30-21(16-9-11-26-12-10-16)28-29-23(30)32-15(2)22(31)27-19-8-7-17(25)13-18(19)24/h3-13,15H,1-2H3,(H,27,31). The van der Waals surface area contributed by atoms with Gasteiger partial charge in [-0.1, -0.05) is 41.6 Å². The van der Waals surface area contributed by atoms with Gasteiger partial charge in [-0.3, -0.25) is 14.3 Å². The SMILES string of the molecule is Cc1ccccc1-n1c(SC(C)C(=O)Nc2ccc(F)cc2Cl)nnc1-c1ccncc1. The molecule has 2 aromatic carbocycles. The van der Waals surface area contributed by atoms with Crippen LogP contribution in [0.15, 0.2) is 72.1 Å². The van der Waals surface area contributed by atoms with Gasteiger partial charge in [0.15, 0.2) is 11.0 Å². The number of aromatic nitrogens is 4. The Morgan fingerprint density at radius 1 is 1.12 bits per heavy atom. The molecule has 162 valence electrons. The van der Waals surface area contributed by atoms with Crippen LogP contribution in [-0.4, -0.2) is 30.9 Å². The van der Waals surface area contributed by atoms with Crippen LogP contribution in [0.25, 0.3) is 17.1 Å². The zero-order chi connectivity index (χ0) is 22.7. The molecule has 2 aromatic heterocycles. The summed E-state index contributed by atoms with van der Waals surface area (Å²) in [5.41, 5.74) is 3.17. The van der Waals surface area contributed by atoms with Gasteiger partial charge < -0.3 is 5.32 Å². The normalized spacial score (nSPS) is 11.9. The molecule has 0 spiro atoms. The van der Waals surface area contributed by atoms with Crippen molar-refractivity contribution >= 4 is 35.0 Å². The highest BCUT2D eigenvalue weighted by Crippen LogP contribution is 2.32. The fourth-order valence-corrected chi connectivity index (χ4v) is 4.18. The van der Waals surface area contributed by atoms with Gasteiger partial charge in [0.25, 0.3) is 0 Å². The van der Waals surface area contributed by atoms with Crippen LogP contribution in [0.5, 0.6) is 0 Å². The molecule has 9 heteroatoms. The molecule has 6 nitrogen and oxygen atoms in total. The molecule has 4 aromatic rings. The number of anilines is 1. The molecular formula is C23H19ClFN5OS. The van der Waals surface area contributed by atoms with E-state index in [-0.39, 0.29) is 10.9 Å². The zero-order valence-electron chi connectivity index (χ0n) is 17.3. The van der Waals surface area contributed by atoms with E-state index in [1.54, 1.807) is 19.3 Å². The summed E-state index contributed by atoms with van der Waals surface area (Å²) >= 11 is 7.31. The van der Waals surface area contributed by atoms with Gasteiger partial charge in [-0.15, -0.1) is 10.2 Å². The number of rotatable bonds is 6. The van der Waals surface area contributed by atoms with Crippen molar-refractivity contribution in [1.82, 2.24) is 19.7 Å². The van der Waals surface area contributed by atoms with Crippen LogP contribution in [-0.2, 0) is 4.79 Å². The maximum absolute atomic E-state index is 13.3. The molecule has 2 heterocycles. The van der Waals surface area contributed by atoms with E-state index in [9.17, 15) is 9.18 Å². The van der Waals surface area contributed by atoms with Crippen molar-refractivity contribution in [2.75, 3.05) is 5.32 Å². The van der Waals surface area contributed by atoms with Crippen LogP contribution in [0.1, 0.15) is 12.5 Å². The van der Waals surface area contributed by atoms with E-state index in [2.05, 4.69) is 20.5 Å². The Balaban J connectivity index is 1.65. The maximum Gasteiger partial charge on any atom is 0.237 e. The van der Waals surface area contributed by atoms with Gasteiger partial charge >= 0.3 is 0 Å². The summed E-state index contributed by atoms with van der Waals surface area (Å²) < 4.78 is 15.2. The molecule has 0 aliphatic carbocycles. The second-order valence-corrected chi connectivity index (χ2v) is 8.75. The third-order valence-electron chi connectivity index (χ3n) is 4.77. The number of carbonyl (C=O) groups is 1. The number of carbonyl (C=O) groups excluding carboxylic acids is 1. The van der Waals surface area contributed by atoms with E-state index >= 15 is 0 Å². The minimum Gasteiger partial charge on any atom is -0.324 e. The van der Waals surface area contributed by atoms with E-state index in [0.29, 0.717) is 16.7 Å². The first-order chi connectivity index (χ1) is 15.4. The van der Waals surface area contributed by atoms with E-state index in [1.165, 1.54) is 23.9 Å². The van der Waals surface area contributed by atoms with Crippen LogP contribution < -0.4 is 5.32 Å². The molecule has 1 amide bonds. The monoisotopic (exact) mass is 467 g/mol. The number of amides is 1. The molecule has 0 aliphatic heterocycles. The van der Waals surface area contributed by atoms with E-state index in [1.807, 2.05) is 47.9 Å². The largest absolute Gasteiger partial charge is 0.324 e. The average Bonchev–Trinajstić information content (AvgIpc) is 3.19. The third kappa shape index (κ3) is 4.66. The molecule has 0 saturated carbocycles. The molecule has 4 rings (SSSR count). The lowest BCUT2D eigenvalue weighted by Crippen LogP contribution is -2.23. The molecule has 0 bridgehead atoms. The summed E-state index contributed by atoms with van der Waals surface area (Å²) in [6.07, 6.45) is 3.39. The number of hydrogen-bond donors (Lipinski definition) is 1. The number of pyridine rings is 1. The zero-order valence-corrected chi connectivity index (χ0v) is 18.9. The number of aryl methyl sites for hydroxylation is 1. The molecular weight excluding hydrogens is 449 g/mol. The number of halogens is 2. The Labute approximate surface area is 193 Å². The fraction of sp³-hybridized carbons (Fsp3) is 0.130. The minimum absolute atomic E-state index is 0.138. The van der Waals surface area contributed by atoms with Crippen molar-refractivity contribution in [3.8, 4) is 17.1 Å². The van der Waals surface area contributed by atoms with Gasteiger partial charge in [-0.25, -0.2) is 4.39 Å². The molecule has 1 atom stereocenters. The summed E-state index contributed by atoms with van der Waals surface area (Å²) in [6, 6.07) is 15.5. The Hall–Kier alpha value is -3.23. The van der Waals surface area contributed by atoms with Crippen LogP contribution >= 0.6 is 23.4 Å². The second kappa shape index (κ2) is 9.50. The Morgan fingerprint density at radius 2 is 1.88 bits per heavy atom. The van der Waals surface area contributed by atoms with Crippen molar-refractivity contribution in [1.29, 1.82) is 0 Å².